The summed E-state index contributed by atoms with van der Waals surface area (Å²) in [7, 11) is 4.01. The molecule has 0 aliphatic heterocycles. The highest BCUT2D eigenvalue weighted by molar-refractivity contribution is 7.12. The van der Waals surface area contributed by atoms with Crippen LogP contribution in [0.5, 0.6) is 0 Å². The van der Waals surface area contributed by atoms with Gasteiger partial charge in [-0.2, -0.15) is 0 Å². The second kappa shape index (κ2) is 4.93. The van der Waals surface area contributed by atoms with E-state index in [1.807, 2.05) is 26.2 Å². The molecule has 0 saturated heterocycles. The quantitative estimate of drug-likeness (QED) is 0.773. The van der Waals surface area contributed by atoms with E-state index in [0.717, 1.165) is 17.5 Å². The monoisotopic (exact) mass is 211 g/mol. The molecule has 0 amide bonds. The Bertz CT molecular complexity index is 342. The molecule has 0 aliphatic carbocycles. The van der Waals surface area contributed by atoms with Crippen LogP contribution in [-0.2, 0) is 11.3 Å². The molecule has 0 fully saturated rings. The van der Waals surface area contributed by atoms with Gasteiger partial charge in [0.2, 0.25) is 0 Å². The van der Waals surface area contributed by atoms with E-state index < -0.39 is 5.97 Å². The van der Waals surface area contributed by atoms with Crippen LogP contribution in [0.4, 0.5) is 0 Å². The lowest BCUT2D eigenvalue weighted by Gasteiger charge is -2.05. The van der Waals surface area contributed by atoms with Gasteiger partial charge in [-0.1, -0.05) is 0 Å². The van der Waals surface area contributed by atoms with Crippen LogP contribution in [0.3, 0.4) is 0 Å². The topological polar surface area (TPSA) is 40.5 Å². The first kappa shape index (κ1) is 10.9. The minimum Gasteiger partial charge on any atom is -0.478 e. The molecular formula is C10H13NO2S. The molecule has 0 unspecified atom stereocenters. The van der Waals surface area contributed by atoms with Crippen LogP contribution >= 0.6 is 11.3 Å². The van der Waals surface area contributed by atoms with Gasteiger partial charge < -0.3 is 10.0 Å². The van der Waals surface area contributed by atoms with Gasteiger partial charge in [-0.25, -0.2) is 4.79 Å². The summed E-state index contributed by atoms with van der Waals surface area (Å²) >= 11 is 1.61. The van der Waals surface area contributed by atoms with E-state index in [4.69, 9.17) is 5.11 Å². The van der Waals surface area contributed by atoms with Crippen LogP contribution in [0.2, 0.25) is 0 Å². The number of thiophene rings is 1. The zero-order chi connectivity index (χ0) is 10.6. The molecule has 0 spiro atoms. The molecule has 14 heavy (non-hydrogen) atoms. The minimum absolute atomic E-state index is 0.894. The Labute approximate surface area is 87.3 Å². The number of hydrogen-bond acceptors (Lipinski definition) is 3. The SMILES string of the molecule is CN(C)Cc1ccc(C=CC(=O)O)s1. The fraction of sp³-hybridized carbons (Fsp3) is 0.300. The van der Waals surface area contributed by atoms with E-state index in [-0.39, 0.29) is 0 Å². The fourth-order valence-corrected chi connectivity index (χ4v) is 2.07. The molecule has 3 nitrogen and oxygen atoms in total. The summed E-state index contributed by atoms with van der Waals surface area (Å²) in [5.41, 5.74) is 0. The van der Waals surface area contributed by atoms with E-state index in [1.165, 1.54) is 4.88 Å². The zero-order valence-corrected chi connectivity index (χ0v) is 9.04. The number of carboxylic acids is 1. The third-order valence-corrected chi connectivity index (χ3v) is 2.58. The molecule has 1 rings (SSSR count). The smallest absolute Gasteiger partial charge is 0.328 e. The number of carbonyl (C=O) groups is 1. The van der Waals surface area contributed by atoms with Crippen molar-refractivity contribution in [3.63, 3.8) is 0 Å². The van der Waals surface area contributed by atoms with Gasteiger partial charge >= 0.3 is 5.97 Å². The first-order valence-corrected chi connectivity index (χ1v) is 5.04. The van der Waals surface area contributed by atoms with Gasteiger partial charge in [0.1, 0.15) is 0 Å². The van der Waals surface area contributed by atoms with E-state index in [0.29, 0.717) is 0 Å². The Morgan fingerprint density at radius 3 is 2.86 bits per heavy atom. The van der Waals surface area contributed by atoms with E-state index in [9.17, 15) is 4.79 Å². The molecule has 0 radical (unpaired) electrons. The van der Waals surface area contributed by atoms with Crippen LogP contribution in [0.25, 0.3) is 6.08 Å². The van der Waals surface area contributed by atoms with Crippen LogP contribution in [0.15, 0.2) is 18.2 Å². The van der Waals surface area contributed by atoms with Crippen molar-refractivity contribution in [1.29, 1.82) is 0 Å². The standard InChI is InChI=1S/C10H13NO2S/c1-11(2)7-9-4-3-8(14-9)5-6-10(12)13/h3-6H,7H2,1-2H3,(H,12,13). The summed E-state index contributed by atoms with van der Waals surface area (Å²) in [6, 6.07) is 3.95. The van der Waals surface area contributed by atoms with E-state index in [1.54, 1.807) is 17.4 Å². The Hall–Kier alpha value is -1.13. The maximum atomic E-state index is 10.3. The van der Waals surface area contributed by atoms with Gasteiger partial charge in [0, 0.05) is 22.4 Å². The molecule has 0 saturated carbocycles. The third-order valence-electron chi connectivity index (χ3n) is 1.54. The molecule has 1 aromatic heterocycles. The molecule has 0 aliphatic rings. The Kier molecular flexibility index (Phi) is 3.85. The van der Waals surface area contributed by atoms with E-state index >= 15 is 0 Å². The Balaban J connectivity index is 2.63. The lowest BCUT2D eigenvalue weighted by molar-refractivity contribution is -0.131. The van der Waals surface area contributed by atoms with Gasteiger partial charge in [-0.3, -0.25) is 0 Å². The largest absolute Gasteiger partial charge is 0.478 e. The zero-order valence-electron chi connectivity index (χ0n) is 8.23. The highest BCUT2D eigenvalue weighted by Crippen LogP contribution is 2.18. The third kappa shape index (κ3) is 3.72. The minimum atomic E-state index is -0.910. The van der Waals surface area contributed by atoms with Crippen molar-refractivity contribution < 1.29 is 9.90 Å². The fourth-order valence-electron chi connectivity index (χ4n) is 1.03. The molecule has 0 atom stereocenters. The molecule has 1 heterocycles. The molecule has 1 aromatic rings. The molecule has 0 aromatic carbocycles. The summed E-state index contributed by atoms with van der Waals surface area (Å²) in [4.78, 5) is 14.6. The van der Waals surface area contributed by atoms with Crippen LogP contribution in [-0.4, -0.2) is 30.1 Å². The predicted octanol–water partition coefficient (Wildman–Crippen LogP) is 1.91. The number of rotatable bonds is 4. The van der Waals surface area contributed by atoms with E-state index in [2.05, 4.69) is 4.90 Å². The van der Waals surface area contributed by atoms with Gasteiger partial charge in [-0.15, -0.1) is 11.3 Å². The predicted molar refractivity (Wildman–Crippen MR) is 58.4 cm³/mol. The van der Waals surface area contributed by atoms with Crippen molar-refractivity contribution in [3.05, 3.63) is 28.0 Å². The average Bonchev–Trinajstić information content (AvgIpc) is 2.47. The second-order valence-corrected chi connectivity index (χ2v) is 4.41. The normalized spacial score (nSPS) is 11.4. The summed E-state index contributed by atoms with van der Waals surface area (Å²) in [5, 5.41) is 8.44. The molecule has 4 heteroatoms. The number of hydrogen-bond donors (Lipinski definition) is 1. The van der Waals surface area contributed by atoms with Gasteiger partial charge in [-0.05, 0) is 32.3 Å². The maximum absolute atomic E-state index is 10.3. The molecular weight excluding hydrogens is 198 g/mol. The first-order valence-electron chi connectivity index (χ1n) is 4.22. The van der Waals surface area contributed by atoms with Crippen molar-refractivity contribution in [1.82, 2.24) is 4.90 Å². The highest BCUT2D eigenvalue weighted by atomic mass is 32.1. The van der Waals surface area contributed by atoms with Crippen LogP contribution < -0.4 is 0 Å². The summed E-state index contributed by atoms with van der Waals surface area (Å²) in [6.45, 7) is 0.894. The van der Waals surface area contributed by atoms with Crippen molar-refractivity contribution in [2.75, 3.05) is 14.1 Å². The summed E-state index contributed by atoms with van der Waals surface area (Å²) in [5.74, 6) is -0.910. The number of aliphatic carboxylic acids is 1. The maximum Gasteiger partial charge on any atom is 0.328 e. The molecule has 1 N–H and O–H groups in total. The Morgan fingerprint density at radius 1 is 1.57 bits per heavy atom. The summed E-state index contributed by atoms with van der Waals surface area (Å²) in [6.07, 6.45) is 2.78. The summed E-state index contributed by atoms with van der Waals surface area (Å²) < 4.78 is 0. The second-order valence-electron chi connectivity index (χ2n) is 3.21. The number of nitrogens with zero attached hydrogens (tertiary/aromatic N) is 1. The number of carboxylic acid groups (broad SMARTS) is 1. The van der Waals surface area contributed by atoms with Gasteiger partial charge in [0.05, 0.1) is 0 Å². The van der Waals surface area contributed by atoms with Gasteiger partial charge in [0.25, 0.3) is 0 Å². The average molecular weight is 211 g/mol. The lowest BCUT2D eigenvalue weighted by atomic mass is 10.4. The van der Waals surface area contributed by atoms with Crippen molar-refractivity contribution in [2.24, 2.45) is 0 Å². The molecule has 0 bridgehead atoms. The first-order chi connectivity index (χ1) is 6.58. The van der Waals surface area contributed by atoms with Crippen molar-refractivity contribution >= 4 is 23.4 Å². The van der Waals surface area contributed by atoms with Crippen molar-refractivity contribution in [3.8, 4) is 0 Å². The Morgan fingerprint density at radius 2 is 2.29 bits per heavy atom. The molecule has 76 valence electrons. The van der Waals surface area contributed by atoms with Crippen LogP contribution in [0.1, 0.15) is 9.75 Å². The highest BCUT2D eigenvalue weighted by Gasteiger charge is 1.99. The van der Waals surface area contributed by atoms with Crippen molar-refractivity contribution in [2.45, 2.75) is 6.54 Å². The van der Waals surface area contributed by atoms with Gasteiger partial charge in [0.15, 0.2) is 0 Å². The lowest BCUT2D eigenvalue weighted by Crippen LogP contribution is -2.09. The van der Waals surface area contributed by atoms with Crippen LogP contribution in [0, 0.1) is 0 Å².